The van der Waals surface area contributed by atoms with E-state index < -0.39 is 0 Å². The van der Waals surface area contributed by atoms with E-state index in [1.54, 1.807) is 12.4 Å². The van der Waals surface area contributed by atoms with Crippen molar-refractivity contribution in [2.24, 2.45) is 0 Å². The predicted molar refractivity (Wildman–Crippen MR) is 67.0 cm³/mol. The molecule has 1 aliphatic rings. The molecule has 0 spiro atoms. The lowest BCUT2D eigenvalue weighted by molar-refractivity contribution is 0.307. The van der Waals surface area contributed by atoms with E-state index in [2.05, 4.69) is 27.4 Å². The first kappa shape index (κ1) is 11.3. The number of pyridine rings is 1. The number of hydrogen-bond acceptors (Lipinski definition) is 5. The number of aromatic nitrogens is 3. The zero-order valence-electron chi connectivity index (χ0n) is 10.4. The molecule has 94 valence electrons. The van der Waals surface area contributed by atoms with Crippen molar-refractivity contribution in [3.8, 4) is 11.5 Å². The Hall–Kier alpha value is -1.75. The zero-order chi connectivity index (χ0) is 12.4. The number of piperidine rings is 1. The molecule has 18 heavy (non-hydrogen) atoms. The molecule has 0 amide bonds. The second-order valence-electron chi connectivity index (χ2n) is 5.00. The summed E-state index contributed by atoms with van der Waals surface area (Å²) in [5, 5.41) is 7.53. The third kappa shape index (κ3) is 2.01. The van der Waals surface area contributed by atoms with Gasteiger partial charge in [-0.25, -0.2) is 0 Å². The maximum absolute atomic E-state index is 5.35. The Kier molecular flexibility index (Phi) is 2.83. The highest BCUT2D eigenvalue weighted by molar-refractivity contribution is 5.51. The standard InChI is InChI=1S/C13H16N4O/c1-13(5-2-6-15-9-13)12-16-11(18-17-12)10-3-7-14-8-4-10/h3-4,7-8,15H,2,5-6,9H2,1H3. The molecule has 5 nitrogen and oxygen atoms in total. The van der Waals surface area contributed by atoms with Gasteiger partial charge < -0.3 is 9.84 Å². The molecule has 1 saturated heterocycles. The van der Waals surface area contributed by atoms with Gasteiger partial charge in [-0.15, -0.1) is 0 Å². The molecule has 1 N–H and O–H groups in total. The lowest BCUT2D eigenvalue weighted by Crippen LogP contribution is -2.41. The van der Waals surface area contributed by atoms with Gasteiger partial charge in [0.25, 0.3) is 5.89 Å². The van der Waals surface area contributed by atoms with Crippen molar-refractivity contribution in [3.63, 3.8) is 0 Å². The van der Waals surface area contributed by atoms with Gasteiger partial charge in [-0.05, 0) is 31.5 Å². The largest absolute Gasteiger partial charge is 0.334 e. The summed E-state index contributed by atoms with van der Waals surface area (Å²) in [6.45, 7) is 4.16. The van der Waals surface area contributed by atoms with E-state index >= 15 is 0 Å². The van der Waals surface area contributed by atoms with Gasteiger partial charge in [-0.2, -0.15) is 4.98 Å². The molecule has 1 aliphatic heterocycles. The van der Waals surface area contributed by atoms with Crippen LogP contribution in [0.3, 0.4) is 0 Å². The number of hydrogen-bond donors (Lipinski definition) is 1. The summed E-state index contributed by atoms with van der Waals surface area (Å²) >= 11 is 0. The molecule has 0 aliphatic carbocycles. The summed E-state index contributed by atoms with van der Waals surface area (Å²) in [6, 6.07) is 3.75. The van der Waals surface area contributed by atoms with Crippen LogP contribution in [0.1, 0.15) is 25.6 Å². The van der Waals surface area contributed by atoms with E-state index in [9.17, 15) is 0 Å². The van der Waals surface area contributed by atoms with Crippen molar-refractivity contribution in [1.29, 1.82) is 0 Å². The topological polar surface area (TPSA) is 63.8 Å². The average molecular weight is 244 g/mol. The molecular weight excluding hydrogens is 228 g/mol. The molecule has 5 heteroatoms. The fraction of sp³-hybridized carbons (Fsp3) is 0.462. The Labute approximate surface area is 106 Å². The van der Waals surface area contributed by atoms with Crippen molar-refractivity contribution >= 4 is 0 Å². The highest BCUT2D eigenvalue weighted by atomic mass is 16.5. The molecular formula is C13H16N4O. The molecule has 1 unspecified atom stereocenters. The molecule has 1 atom stereocenters. The normalized spacial score (nSPS) is 24.1. The van der Waals surface area contributed by atoms with E-state index in [1.807, 2.05) is 12.1 Å². The maximum atomic E-state index is 5.35. The summed E-state index contributed by atoms with van der Waals surface area (Å²) in [5.74, 6) is 1.36. The highest BCUT2D eigenvalue weighted by Crippen LogP contribution is 2.29. The second-order valence-corrected chi connectivity index (χ2v) is 5.00. The Bertz CT molecular complexity index is 517. The minimum atomic E-state index is -0.0208. The minimum Gasteiger partial charge on any atom is -0.334 e. The molecule has 0 bridgehead atoms. The van der Waals surface area contributed by atoms with Crippen molar-refractivity contribution in [2.45, 2.75) is 25.2 Å². The Balaban J connectivity index is 1.89. The van der Waals surface area contributed by atoms with Gasteiger partial charge in [0.05, 0.1) is 0 Å². The quantitative estimate of drug-likeness (QED) is 0.872. The number of nitrogens with zero attached hydrogens (tertiary/aromatic N) is 3. The summed E-state index contributed by atoms with van der Waals surface area (Å²) < 4.78 is 5.35. The molecule has 1 fully saturated rings. The van der Waals surface area contributed by atoms with Gasteiger partial charge in [-0.1, -0.05) is 12.1 Å². The fourth-order valence-corrected chi connectivity index (χ4v) is 2.33. The van der Waals surface area contributed by atoms with Crippen LogP contribution in [-0.4, -0.2) is 28.2 Å². The Morgan fingerprint density at radius 2 is 2.17 bits per heavy atom. The van der Waals surface area contributed by atoms with Crippen LogP contribution in [0.4, 0.5) is 0 Å². The minimum absolute atomic E-state index is 0.0208. The van der Waals surface area contributed by atoms with Crippen LogP contribution < -0.4 is 5.32 Å². The summed E-state index contributed by atoms with van der Waals surface area (Å²) in [6.07, 6.45) is 5.69. The Morgan fingerprint density at radius 3 is 2.89 bits per heavy atom. The fourth-order valence-electron chi connectivity index (χ4n) is 2.33. The highest BCUT2D eigenvalue weighted by Gasteiger charge is 2.33. The van der Waals surface area contributed by atoms with Crippen molar-refractivity contribution in [1.82, 2.24) is 20.4 Å². The van der Waals surface area contributed by atoms with E-state index in [-0.39, 0.29) is 5.41 Å². The van der Waals surface area contributed by atoms with Gasteiger partial charge >= 0.3 is 0 Å². The van der Waals surface area contributed by atoms with Crippen LogP contribution >= 0.6 is 0 Å². The van der Waals surface area contributed by atoms with E-state index in [4.69, 9.17) is 4.52 Å². The van der Waals surface area contributed by atoms with Crippen LogP contribution in [0.25, 0.3) is 11.5 Å². The molecule has 0 radical (unpaired) electrons. The monoisotopic (exact) mass is 244 g/mol. The second kappa shape index (κ2) is 4.49. The molecule has 3 heterocycles. The average Bonchev–Trinajstić information content (AvgIpc) is 2.91. The summed E-state index contributed by atoms with van der Waals surface area (Å²) in [4.78, 5) is 8.51. The van der Waals surface area contributed by atoms with E-state index in [0.717, 1.165) is 37.3 Å². The van der Waals surface area contributed by atoms with Crippen molar-refractivity contribution in [3.05, 3.63) is 30.4 Å². The van der Waals surface area contributed by atoms with Crippen LogP contribution in [0.2, 0.25) is 0 Å². The maximum Gasteiger partial charge on any atom is 0.258 e. The Morgan fingerprint density at radius 1 is 1.33 bits per heavy atom. The van der Waals surface area contributed by atoms with Gasteiger partial charge in [0.1, 0.15) is 0 Å². The molecule has 0 saturated carbocycles. The van der Waals surface area contributed by atoms with Gasteiger partial charge in [0, 0.05) is 29.9 Å². The van der Waals surface area contributed by atoms with Gasteiger partial charge in [-0.3, -0.25) is 4.98 Å². The van der Waals surface area contributed by atoms with Gasteiger partial charge in [0.15, 0.2) is 5.82 Å². The lowest BCUT2D eigenvalue weighted by atomic mass is 9.82. The van der Waals surface area contributed by atoms with Crippen LogP contribution in [0.5, 0.6) is 0 Å². The number of nitrogens with one attached hydrogen (secondary N) is 1. The zero-order valence-corrected chi connectivity index (χ0v) is 10.4. The third-order valence-corrected chi connectivity index (χ3v) is 3.49. The van der Waals surface area contributed by atoms with Crippen LogP contribution in [0, 0.1) is 0 Å². The SMILES string of the molecule is CC1(c2noc(-c3ccncc3)n2)CCCNC1. The van der Waals surface area contributed by atoms with E-state index in [0.29, 0.717) is 5.89 Å². The third-order valence-electron chi connectivity index (χ3n) is 3.49. The van der Waals surface area contributed by atoms with E-state index in [1.165, 1.54) is 0 Å². The van der Waals surface area contributed by atoms with Gasteiger partial charge in [0.2, 0.25) is 0 Å². The lowest BCUT2D eigenvalue weighted by Gasteiger charge is -2.30. The first-order valence-electron chi connectivity index (χ1n) is 6.23. The molecule has 2 aromatic heterocycles. The first-order chi connectivity index (χ1) is 8.78. The predicted octanol–water partition coefficient (Wildman–Crippen LogP) is 1.77. The van der Waals surface area contributed by atoms with Crippen LogP contribution in [-0.2, 0) is 5.41 Å². The van der Waals surface area contributed by atoms with Crippen molar-refractivity contribution in [2.75, 3.05) is 13.1 Å². The molecule has 2 aromatic rings. The van der Waals surface area contributed by atoms with Crippen LogP contribution in [0.15, 0.2) is 29.0 Å². The smallest absolute Gasteiger partial charge is 0.258 e. The first-order valence-corrected chi connectivity index (χ1v) is 6.23. The number of rotatable bonds is 2. The summed E-state index contributed by atoms with van der Waals surface area (Å²) in [5.41, 5.74) is 0.892. The molecule has 0 aromatic carbocycles. The van der Waals surface area contributed by atoms with Crippen molar-refractivity contribution < 1.29 is 4.52 Å². The molecule has 3 rings (SSSR count). The summed E-state index contributed by atoms with van der Waals surface area (Å²) in [7, 11) is 0.